The number of methoxy groups -OCH3 is 1. The van der Waals surface area contributed by atoms with Crippen LogP contribution in [0.5, 0.6) is 5.88 Å². The molecule has 2 aliphatic carbocycles. The van der Waals surface area contributed by atoms with Crippen molar-refractivity contribution < 1.29 is 17.9 Å². The predicted molar refractivity (Wildman–Crippen MR) is 139 cm³/mol. The Morgan fingerprint density at radius 3 is 2.55 bits per heavy atom. The molecule has 2 saturated carbocycles. The predicted octanol–water partition coefficient (Wildman–Crippen LogP) is 4.06. The highest BCUT2D eigenvalue weighted by molar-refractivity contribution is 5.70. The minimum atomic E-state index is -4.46. The molecule has 0 spiro atoms. The van der Waals surface area contributed by atoms with Gasteiger partial charge in [0, 0.05) is 50.2 Å². The molecule has 3 aliphatic rings. The van der Waals surface area contributed by atoms with Gasteiger partial charge >= 0.3 is 6.18 Å². The number of nitrogens with one attached hydrogen (secondary N) is 1. The Kier molecular flexibility index (Phi) is 5.65. The molecule has 0 radical (unpaired) electrons. The van der Waals surface area contributed by atoms with Gasteiger partial charge in [-0.05, 0) is 44.4 Å². The Bertz CT molecular complexity index is 1560. The van der Waals surface area contributed by atoms with E-state index in [2.05, 4.69) is 30.4 Å². The van der Waals surface area contributed by atoms with Gasteiger partial charge in [-0.3, -0.25) is 0 Å². The lowest BCUT2D eigenvalue weighted by Gasteiger charge is -2.23. The molecule has 14 heteroatoms. The smallest absolute Gasteiger partial charge is 0.434 e. The topological polar surface area (TPSA) is 111 Å². The van der Waals surface area contributed by atoms with Crippen LogP contribution in [0.3, 0.4) is 0 Å². The fourth-order valence-corrected chi connectivity index (χ4v) is 5.93. The molecule has 40 heavy (non-hydrogen) atoms. The summed E-state index contributed by atoms with van der Waals surface area (Å²) in [5.41, 5.74) is 1.36. The van der Waals surface area contributed by atoms with Crippen molar-refractivity contribution in [2.75, 3.05) is 37.0 Å². The summed E-state index contributed by atoms with van der Waals surface area (Å²) in [5.74, 6) is 3.38. The third-order valence-corrected chi connectivity index (χ3v) is 8.20. The summed E-state index contributed by atoms with van der Waals surface area (Å²) < 4.78 is 48.9. The lowest BCUT2D eigenvalue weighted by molar-refractivity contribution is -0.140. The maximum atomic E-state index is 13.3. The molecular formula is C26H29F3N10O. The van der Waals surface area contributed by atoms with Crippen LogP contribution in [0.2, 0.25) is 0 Å². The molecule has 3 atom stereocenters. The Balaban J connectivity index is 1.09. The highest BCUT2D eigenvalue weighted by atomic mass is 19.4. The van der Waals surface area contributed by atoms with E-state index < -0.39 is 11.9 Å². The normalized spacial score (nSPS) is 22.3. The van der Waals surface area contributed by atoms with Gasteiger partial charge in [-0.15, -0.1) is 5.10 Å². The third kappa shape index (κ3) is 4.20. The first-order valence-corrected chi connectivity index (χ1v) is 13.5. The standard InChI is InChI=1S/C26H29F3N10O/c1-13(2)38-11-18(26(27,28)29)34-25(38)37-9-16-15(17(16)10-37)8-31-22-23-30-6-7-39(23)36-21(35-22)19-20(14-4-5-14)32-12-33-24(19)40-3/h6-7,11-17H,4-5,8-10H2,1-3H3,(H,31,35,36)/t15?,16-,17+. The van der Waals surface area contributed by atoms with E-state index in [1.807, 2.05) is 18.7 Å². The van der Waals surface area contributed by atoms with Crippen molar-refractivity contribution in [2.45, 2.75) is 44.8 Å². The zero-order valence-corrected chi connectivity index (χ0v) is 22.3. The summed E-state index contributed by atoms with van der Waals surface area (Å²) in [4.78, 5) is 24.0. The van der Waals surface area contributed by atoms with Crippen molar-refractivity contribution in [3.63, 3.8) is 0 Å². The van der Waals surface area contributed by atoms with Gasteiger partial charge < -0.3 is 19.5 Å². The van der Waals surface area contributed by atoms with Gasteiger partial charge in [0.1, 0.15) is 11.9 Å². The molecule has 5 heterocycles. The van der Waals surface area contributed by atoms with Gasteiger partial charge in [-0.1, -0.05) is 0 Å². The summed E-state index contributed by atoms with van der Waals surface area (Å²) in [6, 6.07) is -0.119. The highest BCUT2D eigenvalue weighted by Crippen LogP contribution is 2.53. The number of piperidine rings is 1. The van der Waals surface area contributed by atoms with Crippen LogP contribution >= 0.6 is 0 Å². The number of halogens is 3. The van der Waals surface area contributed by atoms with E-state index in [1.54, 1.807) is 28.6 Å². The average Bonchev–Trinajstić information content (AvgIpc) is 3.64. The van der Waals surface area contributed by atoms with Crippen LogP contribution in [0.15, 0.2) is 24.9 Å². The second-order valence-corrected chi connectivity index (χ2v) is 11.1. The molecule has 0 amide bonds. The number of anilines is 2. The number of rotatable bonds is 8. The quantitative estimate of drug-likeness (QED) is 0.345. The van der Waals surface area contributed by atoms with E-state index in [0.29, 0.717) is 78.0 Å². The van der Waals surface area contributed by atoms with E-state index >= 15 is 0 Å². The van der Waals surface area contributed by atoms with Gasteiger partial charge in [0.05, 0.1) is 12.8 Å². The van der Waals surface area contributed by atoms with Crippen LogP contribution in [-0.4, -0.2) is 65.8 Å². The summed E-state index contributed by atoms with van der Waals surface area (Å²) in [7, 11) is 1.57. The molecule has 3 fully saturated rings. The maximum Gasteiger partial charge on any atom is 0.434 e. The number of fused-ring (bicyclic) bond motifs is 2. The van der Waals surface area contributed by atoms with Crippen LogP contribution in [0.1, 0.15) is 50.0 Å². The molecule has 0 bridgehead atoms. The number of nitrogens with zero attached hydrogens (tertiary/aromatic N) is 9. The molecule has 1 saturated heterocycles. The number of ether oxygens (including phenoxy) is 1. The summed E-state index contributed by atoms with van der Waals surface area (Å²) in [6.45, 7) is 5.76. The SMILES string of the molecule is COc1ncnc(C2CC2)c1-c1nc(NCC2[C@H]3CN(c4nc(C(F)(F)F)cn4C(C)C)C[C@@H]23)c2nccn2n1. The van der Waals surface area contributed by atoms with Crippen molar-refractivity contribution in [3.8, 4) is 17.3 Å². The van der Waals surface area contributed by atoms with Crippen LogP contribution in [0.4, 0.5) is 24.9 Å². The molecule has 1 aliphatic heterocycles. The largest absolute Gasteiger partial charge is 0.480 e. The van der Waals surface area contributed by atoms with Crippen molar-refractivity contribution in [1.29, 1.82) is 0 Å². The molecule has 210 valence electrons. The van der Waals surface area contributed by atoms with Crippen LogP contribution in [0, 0.1) is 17.8 Å². The lowest BCUT2D eigenvalue weighted by atomic mass is 10.1. The van der Waals surface area contributed by atoms with Gasteiger partial charge in [-0.2, -0.15) is 13.2 Å². The number of aromatic nitrogens is 8. The van der Waals surface area contributed by atoms with E-state index in [0.717, 1.165) is 24.7 Å². The molecule has 0 aromatic carbocycles. The van der Waals surface area contributed by atoms with Crippen LogP contribution < -0.4 is 15.0 Å². The minimum Gasteiger partial charge on any atom is -0.480 e. The second-order valence-electron chi connectivity index (χ2n) is 11.1. The molecule has 1 N–H and O–H groups in total. The van der Waals surface area contributed by atoms with Gasteiger partial charge in [0.25, 0.3) is 0 Å². The first kappa shape index (κ1) is 25.0. The molecule has 7 rings (SSSR count). The van der Waals surface area contributed by atoms with Crippen molar-refractivity contribution in [3.05, 3.63) is 36.3 Å². The molecular weight excluding hydrogens is 525 g/mol. The Hall–Kier alpha value is -3.97. The average molecular weight is 555 g/mol. The first-order valence-electron chi connectivity index (χ1n) is 13.5. The van der Waals surface area contributed by atoms with Gasteiger partial charge in [0.15, 0.2) is 23.0 Å². The van der Waals surface area contributed by atoms with Crippen molar-refractivity contribution >= 4 is 17.4 Å². The molecule has 4 aromatic rings. The number of hydrogen-bond donors (Lipinski definition) is 1. The minimum absolute atomic E-state index is 0.119. The Labute approximate surface area is 227 Å². The number of hydrogen-bond acceptors (Lipinski definition) is 9. The van der Waals surface area contributed by atoms with Crippen LogP contribution in [-0.2, 0) is 6.18 Å². The van der Waals surface area contributed by atoms with E-state index in [9.17, 15) is 13.2 Å². The number of alkyl halides is 3. The first-order chi connectivity index (χ1) is 19.2. The van der Waals surface area contributed by atoms with Gasteiger partial charge in [0.2, 0.25) is 11.8 Å². The summed E-state index contributed by atoms with van der Waals surface area (Å²) in [5, 5.41) is 8.16. The van der Waals surface area contributed by atoms with Crippen LogP contribution in [0.25, 0.3) is 17.0 Å². The molecule has 11 nitrogen and oxygen atoms in total. The zero-order valence-electron chi connectivity index (χ0n) is 22.3. The van der Waals surface area contributed by atoms with Gasteiger partial charge in [-0.25, -0.2) is 29.4 Å². The monoisotopic (exact) mass is 554 g/mol. The zero-order chi connectivity index (χ0) is 27.8. The number of imidazole rings is 2. The summed E-state index contributed by atoms with van der Waals surface area (Å²) in [6.07, 6.45) is 3.73. The van der Waals surface area contributed by atoms with E-state index in [1.165, 1.54) is 6.33 Å². The Morgan fingerprint density at radius 2 is 1.88 bits per heavy atom. The second kappa shape index (κ2) is 9.03. The van der Waals surface area contributed by atoms with Crippen molar-refractivity contribution in [1.82, 2.24) is 39.1 Å². The molecule has 4 aromatic heterocycles. The van der Waals surface area contributed by atoms with E-state index in [-0.39, 0.29) is 6.04 Å². The third-order valence-electron chi connectivity index (χ3n) is 8.20. The van der Waals surface area contributed by atoms with E-state index in [4.69, 9.17) is 9.72 Å². The fraction of sp³-hybridized carbons (Fsp3) is 0.538. The maximum absolute atomic E-state index is 13.3. The molecule has 1 unspecified atom stereocenters. The van der Waals surface area contributed by atoms with Crippen molar-refractivity contribution in [2.24, 2.45) is 17.8 Å². The Morgan fingerprint density at radius 1 is 1.10 bits per heavy atom. The summed E-state index contributed by atoms with van der Waals surface area (Å²) >= 11 is 0. The highest BCUT2D eigenvalue weighted by Gasteiger charge is 2.56. The lowest BCUT2D eigenvalue weighted by Crippen LogP contribution is -2.29. The fourth-order valence-electron chi connectivity index (χ4n) is 5.93.